The van der Waals surface area contributed by atoms with E-state index in [9.17, 15) is 18.0 Å². The molecule has 0 aromatic heterocycles. The Morgan fingerprint density at radius 3 is 2.52 bits per heavy atom. The van der Waals surface area contributed by atoms with Gasteiger partial charge in [-0.2, -0.15) is 0 Å². The zero-order valence-electron chi connectivity index (χ0n) is 15.4. The van der Waals surface area contributed by atoms with Crippen LogP contribution < -0.4 is 5.32 Å². The minimum absolute atomic E-state index is 0.0916. The van der Waals surface area contributed by atoms with Crippen molar-refractivity contribution in [3.8, 4) is 0 Å². The Morgan fingerprint density at radius 1 is 1.11 bits per heavy atom. The summed E-state index contributed by atoms with van der Waals surface area (Å²) in [6, 6.07) is 13.0. The number of sulfone groups is 1. The van der Waals surface area contributed by atoms with Crippen molar-refractivity contribution < 1.29 is 18.0 Å². The molecule has 1 fully saturated rings. The van der Waals surface area contributed by atoms with Crippen molar-refractivity contribution in [1.29, 1.82) is 0 Å². The summed E-state index contributed by atoms with van der Waals surface area (Å²) in [4.78, 5) is 27.5. The first-order valence-electron chi connectivity index (χ1n) is 8.69. The van der Waals surface area contributed by atoms with E-state index in [4.69, 9.17) is 0 Å². The van der Waals surface area contributed by atoms with Crippen molar-refractivity contribution in [3.05, 3.63) is 48.0 Å². The molecule has 1 unspecified atom stereocenters. The Bertz CT molecular complexity index is 974. The zero-order valence-corrected chi connectivity index (χ0v) is 16.2. The van der Waals surface area contributed by atoms with Crippen LogP contribution in [0.5, 0.6) is 0 Å². The summed E-state index contributed by atoms with van der Waals surface area (Å²) in [6.07, 6.45) is 1.21. The van der Waals surface area contributed by atoms with Gasteiger partial charge in [0, 0.05) is 12.8 Å². The van der Waals surface area contributed by atoms with Gasteiger partial charge in [0.25, 0.3) is 5.91 Å². The molecule has 1 N–H and O–H groups in total. The monoisotopic (exact) mass is 389 g/mol. The van der Waals surface area contributed by atoms with Gasteiger partial charge in [0.05, 0.1) is 12.4 Å². The Hall–Kier alpha value is -2.45. The SMILES string of the molecule is CN(Cc1ccc2ccccc2c1)CN1C(=O)NC(CCS(C)(=O)=O)C1=O. The molecule has 1 aliphatic rings. The minimum Gasteiger partial charge on any atom is -0.326 e. The number of benzene rings is 2. The number of hydrogen-bond donors (Lipinski definition) is 1. The highest BCUT2D eigenvalue weighted by Crippen LogP contribution is 2.17. The maximum Gasteiger partial charge on any atom is 0.325 e. The maximum absolute atomic E-state index is 12.4. The predicted octanol–water partition coefficient (Wildman–Crippen LogP) is 1.58. The third-order valence-electron chi connectivity index (χ3n) is 4.53. The summed E-state index contributed by atoms with van der Waals surface area (Å²) < 4.78 is 22.6. The van der Waals surface area contributed by atoms with Crippen molar-refractivity contribution in [3.63, 3.8) is 0 Å². The van der Waals surface area contributed by atoms with Gasteiger partial charge < -0.3 is 5.32 Å². The van der Waals surface area contributed by atoms with Gasteiger partial charge in [0.1, 0.15) is 15.9 Å². The van der Waals surface area contributed by atoms with Crippen LogP contribution in [-0.2, 0) is 21.2 Å². The molecule has 0 saturated carbocycles. The van der Waals surface area contributed by atoms with Gasteiger partial charge >= 0.3 is 6.03 Å². The van der Waals surface area contributed by atoms with Crippen molar-refractivity contribution in [2.45, 2.75) is 19.0 Å². The normalized spacial score (nSPS) is 17.7. The van der Waals surface area contributed by atoms with Crippen molar-refractivity contribution in [2.75, 3.05) is 25.7 Å². The highest BCUT2D eigenvalue weighted by atomic mass is 32.2. The fourth-order valence-corrected chi connectivity index (χ4v) is 3.84. The van der Waals surface area contributed by atoms with E-state index in [2.05, 4.69) is 11.4 Å². The lowest BCUT2D eigenvalue weighted by atomic mass is 10.1. The maximum atomic E-state index is 12.4. The zero-order chi connectivity index (χ0) is 19.6. The second-order valence-electron chi connectivity index (χ2n) is 7.02. The number of carbonyl (C=O) groups excluding carboxylic acids is 2. The Balaban J connectivity index is 1.61. The van der Waals surface area contributed by atoms with E-state index in [-0.39, 0.29) is 24.7 Å². The fourth-order valence-electron chi connectivity index (χ4n) is 3.18. The van der Waals surface area contributed by atoms with Gasteiger partial charge in [-0.05, 0) is 35.9 Å². The van der Waals surface area contributed by atoms with Crippen molar-refractivity contribution in [2.24, 2.45) is 0 Å². The lowest BCUT2D eigenvalue weighted by molar-refractivity contribution is -0.128. The molecule has 144 valence electrons. The van der Waals surface area contributed by atoms with E-state index in [1.165, 1.54) is 0 Å². The molecule has 0 aliphatic carbocycles. The van der Waals surface area contributed by atoms with Crippen LogP contribution in [0.3, 0.4) is 0 Å². The highest BCUT2D eigenvalue weighted by Gasteiger charge is 2.38. The number of fused-ring (bicyclic) bond motifs is 1. The van der Waals surface area contributed by atoms with Crippen LogP contribution in [0.1, 0.15) is 12.0 Å². The third kappa shape index (κ3) is 4.84. The second-order valence-corrected chi connectivity index (χ2v) is 9.28. The first kappa shape index (κ1) is 19.3. The lowest BCUT2D eigenvalue weighted by Crippen LogP contribution is -2.40. The molecule has 1 atom stereocenters. The van der Waals surface area contributed by atoms with Crippen LogP contribution in [0.25, 0.3) is 10.8 Å². The largest absolute Gasteiger partial charge is 0.326 e. The quantitative estimate of drug-likeness (QED) is 0.727. The smallest absolute Gasteiger partial charge is 0.325 e. The van der Waals surface area contributed by atoms with E-state index in [0.29, 0.717) is 6.54 Å². The van der Waals surface area contributed by atoms with Gasteiger partial charge in [-0.3, -0.25) is 9.69 Å². The molecule has 3 amide bonds. The molecule has 1 heterocycles. The average molecular weight is 389 g/mol. The van der Waals surface area contributed by atoms with Gasteiger partial charge in [-0.1, -0.05) is 36.4 Å². The van der Waals surface area contributed by atoms with E-state index < -0.39 is 21.9 Å². The van der Waals surface area contributed by atoms with E-state index in [1.807, 2.05) is 48.3 Å². The lowest BCUT2D eigenvalue weighted by Gasteiger charge is -2.22. The summed E-state index contributed by atoms with van der Waals surface area (Å²) in [5, 5.41) is 4.86. The third-order valence-corrected chi connectivity index (χ3v) is 5.51. The summed E-state index contributed by atoms with van der Waals surface area (Å²) in [5.41, 5.74) is 1.08. The predicted molar refractivity (Wildman–Crippen MR) is 104 cm³/mol. The Labute approximate surface area is 158 Å². The molecule has 7 nitrogen and oxygen atoms in total. The number of hydrogen-bond acceptors (Lipinski definition) is 5. The van der Waals surface area contributed by atoms with Gasteiger partial charge in [-0.15, -0.1) is 0 Å². The molecule has 27 heavy (non-hydrogen) atoms. The van der Waals surface area contributed by atoms with Gasteiger partial charge in [0.2, 0.25) is 0 Å². The number of amides is 3. The highest BCUT2D eigenvalue weighted by molar-refractivity contribution is 7.90. The number of imide groups is 1. The number of nitrogens with zero attached hydrogens (tertiary/aromatic N) is 2. The molecule has 0 spiro atoms. The Kier molecular flexibility index (Phi) is 5.48. The number of rotatable bonds is 7. The van der Waals surface area contributed by atoms with Crippen LogP contribution >= 0.6 is 0 Å². The summed E-state index contributed by atoms with van der Waals surface area (Å²) >= 11 is 0. The number of carbonyl (C=O) groups is 2. The molecule has 2 aromatic carbocycles. The molecule has 2 aromatic rings. The molecule has 1 saturated heterocycles. The van der Waals surface area contributed by atoms with Crippen LogP contribution in [0.4, 0.5) is 4.79 Å². The molecule has 0 radical (unpaired) electrons. The van der Waals surface area contributed by atoms with E-state index in [1.54, 1.807) is 0 Å². The topological polar surface area (TPSA) is 86.8 Å². The van der Waals surface area contributed by atoms with Crippen molar-refractivity contribution >= 4 is 32.5 Å². The van der Waals surface area contributed by atoms with E-state index in [0.717, 1.165) is 27.5 Å². The van der Waals surface area contributed by atoms with Crippen molar-refractivity contribution in [1.82, 2.24) is 15.1 Å². The average Bonchev–Trinajstić information content (AvgIpc) is 2.87. The molecular formula is C19H23N3O4S. The standard InChI is InChI=1S/C19H23N3O4S/c1-21(12-14-7-8-15-5-3-4-6-16(15)11-14)13-22-18(23)17(20-19(22)24)9-10-27(2,25)26/h3-8,11,17H,9-10,12-13H2,1-2H3,(H,20,24). The fraction of sp³-hybridized carbons (Fsp3) is 0.368. The first-order chi connectivity index (χ1) is 12.7. The molecule has 1 aliphatic heterocycles. The molecule has 3 rings (SSSR count). The van der Waals surface area contributed by atoms with Crippen LogP contribution in [0, 0.1) is 0 Å². The number of urea groups is 1. The van der Waals surface area contributed by atoms with E-state index >= 15 is 0 Å². The van der Waals surface area contributed by atoms with Crippen LogP contribution in [0.15, 0.2) is 42.5 Å². The molecule has 0 bridgehead atoms. The van der Waals surface area contributed by atoms with Gasteiger partial charge in [0.15, 0.2) is 0 Å². The minimum atomic E-state index is -3.18. The Morgan fingerprint density at radius 2 is 1.81 bits per heavy atom. The summed E-state index contributed by atoms with van der Waals surface area (Å²) in [6.45, 7) is 0.725. The number of nitrogens with one attached hydrogen (secondary N) is 1. The van der Waals surface area contributed by atoms with Crippen LogP contribution in [-0.4, -0.2) is 61.9 Å². The van der Waals surface area contributed by atoms with Crippen LogP contribution in [0.2, 0.25) is 0 Å². The second kappa shape index (κ2) is 7.66. The van der Waals surface area contributed by atoms with Gasteiger partial charge in [-0.25, -0.2) is 18.1 Å². The summed E-state index contributed by atoms with van der Waals surface area (Å²) in [7, 11) is -1.35. The summed E-state index contributed by atoms with van der Waals surface area (Å²) in [5.74, 6) is -0.515. The first-order valence-corrected chi connectivity index (χ1v) is 10.7. The molecule has 8 heteroatoms. The molecular weight excluding hydrogens is 366 g/mol.